The third-order valence-electron chi connectivity index (χ3n) is 7.83. The molecule has 1 saturated carbocycles. The first-order chi connectivity index (χ1) is 16.9. The van der Waals surface area contributed by atoms with Gasteiger partial charge in [0.05, 0.1) is 52.2 Å². The Hall–Kier alpha value is -4.06. The van der Waals surface area contributed by atoms with Crippen molar-refractivity contribution in [2.24, 2.45) is 5.41 Å². The number of rotatable bonds is 4. The summed E-state index contributed by atoms with van der Waals surface area (Å²) in [6.07, 6.45) is 8.62. The Morgan fingerprint density at radius 1 is 1.11 bits per heavy atom. The Kier molecular flexibility index (Phi) is 4.58. The first kappa shape index (κ1) is 21.5. The Bertz CT molecular complexity index is 1500. The number of hydrogen-bond donors (Lipinski definition) is 0. The molecule has 0 saturated heterocycles. The number of nitrogens with zero attached hydrogens (tertiary/aromatic N) is 7. The third-order valence-corrected chi connectivity index (χ3v) is 7.83. The van der Waals surface area contributed by atoms with Crippen LogP contribution in [0.1, 0.15) is 49.6 Å². The van der Waals surface area contributed by atoms with E-state index in [9.17, 15) is 8.78 Å². The fourth-order valence-corrected chi connectivity index (χ4v) is 6.12. The maximum atomic E-state index is 14.5. The van der Waals surface area contributed by atoms with Crippen molar-refractivity contribution < 1.29 is 8.78 Å². The maximum Gasteiger partial charge on any atom is 0.135 e. The molecule has 2 atom stereocenters. The number of fused-ring (bicyclic) bond motifs is 5. The van der Waals surface area contributed by atoms with Gasteiger partial charge in [0.1, 0.15) is 18.2 Å². The molecule has 0 aliphatic heterocycles. The van der Waals surface area contributed by atoms with Crippen LogP contribution in [0.15, 0.2) is 49.1 Å². The van der Waals surface area contributed by atoms with Crippen molar-refractivity contribution in [2.75, 3.05) is 0 Å². The zero-order chi connectivity index (χ0) is 24.4. The second kappa shape index (κ2) is 7.47. The van der Waals surface area contributed by atoms with Gasteiger partial charge in [-0.05, 0) is 47.9 Å². The molecule has 2 bridgehead atoms. The molecule has 3 heterocycles. The molecule has 4 aromatic rings. The fourth-order valence-electron chi connectivity index (χ4n) is 6.12. The van der Waals surface area contributed by atoms with Crippen LogP contribution in [0.5, 0.6) is 0 Å². The monoisotopic (exact) mass is 469 g/mol. The van der Waals surface area contributed by atoms with Gasteiger partial charge < -0.3 is 0 Å². The van der Waals surface area contributed by atoms with Crippen molar-refractivity contribution in [1.29, 1.82) is 5.26 Å². The highest BCUT2D eigenvalue weighted by Gasteiger charge is 2.65. The lowest BCUT2D eigenvalue weighted by atomic mass is 9.66. The van der Waals surface area contributed by atoms with Gasteiger partial charge in [-0.1, -0.05) is 19.9 Å². The number of aromatic nitrogens is 6. The molecule has 0 N–H and O–H groups in total. The van der Waals surface area contributed by atoms with Gasteiger partial charge >= 0.3 is 0 Å². The minimum Gasteiger partial charge on any atom is -0.261 e. The van der Waals surface area contributed by atoms with Crippen molar-refractivity contribution in [2.45, 2.75) is 44.6 Å². The molecule has 35 heavy (non-hydrogen) atoms. The highest BCUT2D eigenvalue weighted by atomic mass is 19.1. The lowest BCUT2D eigenvalue weighted by Crippen LogP contribution is -2.38. The smallest absolute Gasteiger partial charge is 0.135 e. The normalized spacial score (nSPS) is 21.6. The van der Waals surface area contributed by atoms with Gasteiger partial charge in [-0.3, -0.25) is 9.67 Å². The van der Waals surface area contributed by atoms with Crippen LogP contribution < -0.4 is 0 Å². The Morgan fingerprint density at radius 2 is 1.91 bits per heavy atom. The Labute approximate surface area is 200 Å². The number of nitriles is 1. The average molecular weight is 469 g/mol. The summed E-state index contributed by atoms with van der Waals surface area (Å²) in [5.74, 6) is -1.18. The minimum atomic E-state index is -0.660. The summed E-state index contributed by atoms with van der Waals surface area (Å²) >= 11 is 0. The van der Waals surface area contributed by atoms with Crippen LogP contribution >= 0.6 is 0 Å². The van der Waals surface area contributed by atoms with E-state index in [-0.39, 0.29) is 29.1 Å². The molecule has 174 valence electrons. The Morgan fingerprint density at radius 3 is 2.69 bits per heavy atom. The van der Waals surface area contributed by atoms with Gasteiger partial charge in [-0.25, -0.2) is 13.8 Å². The van der Waals surface area contributed by atoms with Gasteiger partial charge in [-0.15, -0.1) is 5.10 Å². The van der Waals surface area contributed by atoms with Crippen molar-refractivity contribution in [1.82, 2.24) is 29.9 Å². The zero-order valence-electron chi connectivity index (χ0n) is 19.2. The highest BCUT2D eigenvalue weighted by Crippen LogP contribution is 2.69. The molecule has 6 rings (SSSR count). The molecular formula is C26H21F2N7. The van der Waals surface area contributed by atoms with E-state index >= 15 is 0 Å². The van der Waals surface area contributed by atoms with E-state index in [4.69, 9.17) is 10.2 Å². The molecule has 2 aliphatic rings. The standard InChI is InChI=1S/C26H21F2N7/c1-25(2)17-6-7-26(25,22-13-30-12-21(32-22)15-11-31-35(14-15)9-8-29)24-16(17)10-20(33-34-24)23-18(27)4-3-5-19(23)28/h3-5,10-14,17H,6-7,9H2,1-2H3/t17-,26-/m0/s1. The van der Waals surface area contributed by atoms with Crippen molar-refractivity contribution >= 4 is 0 Å². The minimum absolute atomic E-state index is 0.144. The second-order valence-electron chi connectivity index (χ2n) is 9.72. The topological polar surface area (TPSA) is 93.2 Å². The first-order valence-electron chi connectivity index (χ1n) is 11.4. The van der Waals surface area contributed by atoms with Gasteiger partial charge in [0.15, 0.2) is 0 Å². The largest absolute Gasteiger partial charge is 0.261 e. The summed E-state index contributed by atoms with van der Waals surface area (Å²) < 4.78 is 30.5. The molecule has 2 aliphatic carbocycles. The van der Waals surface area contributed by atoms with Gasteiger partial charge in [-0.2, -0.15) is 15.5 Å². The number of hydrogen-bond acceptors (Lipinski definition) is 6. The molecule has 1 fully saturated rings. The third kappa shape index (κ3) is 2.89. The summed E-state index contributed by atoms with van der Waals surface area (Å²) in [4.78, 5) is 9.47. The van der Waals surface area contributed by atoms with Crippen molar-refractivity contribution in [3.05, 3.63) is 77.6 Å². The lowest BCUT2D eigenvalue weighted by molar-refractivity contribution is 0.242. The van der Waals surface area contributed by atoms with Crippen molar-refractivity contribution in [3.8, 4) is 28.6 Å². The van der Waals surface area contributed by atoms with E-state index in [1.165, 1.54) is 18.2 Å². The summed E-state index contributed by atoms with van der Waals surface area (Å²) in [6, 6.07) is 7.66. The molecule has 0 spiro atoms. The first-order valence-corrected chi connectivity index (χ1v) is 11.4. The van der Waals surface area contributed by atoms with Crippen LogP contribution in [-0.2, 0) is 12.0 Å². The summed E-state index contributed by atoms with van der Waals surface area (Å²) in [5.41, 5.74) is 3.23. The molecule has 0 unspecified atom stereocenters. The SMILES string of the molecule is CC1(C)[C@H]2CC[C@]1(c1cncc(-c3cnn(CC#N)c3)n1)c1nnc(-c3c(F)cccc3F)cc12. The fraction of sp³-hybridized carbons (Fsp3) is 0.308. The van der Waals surface area contributed by atoms with Crippen LogP contribution in [0.25, 0.3) is 22.5 Å². The maximum absolute atomic E-state index is 14.5. The quantitative estimate of drug-likeness (QED) is 0.426. The second-order valence-corrected chi connectivity index (χ2v) is 9.72. The molecule has 0 amide bonds. The Balaban J connectivity index is 1.49. The predicted molar refractivity (Wildman–Crippen MR) is 123 cm³/mol. The molecular weight excluding hydrogens is 448 g/mol. The van der Waals surface area contributed by atoms with Crippen LogP contribution in [0.4, 0.5) is 8.78 Å². The van der Waals surface area contributed by atoms with E-state index < -0.39 is 17.0 Å². The van der Waals surface area contributed by atoms with Gasteiger partial charge in [0.2, 0.25) is 0 Å². The molecule has 1 aromatic carbocycles. The summed E-state index contributed by atoms with van der Waals surface area (Å²) in [5, 5.41) is 22.0. The zero-order valence-corrected chi connectivity index (χ0v) is 19.2. The van der Waals surface area contributed by atoms with Gasteiger partial charge in [0.25, 0.3) is 0 Å². The van der Waals surface area contributed by atoms with Crippen LogP contribution in [0.3, 0.4) is 0 Å². The highest BCUT2D eigenvalue weighted by molar-refractivity contribution is 5.64. The molecule has 3 aromatic heterocycles. The molecule has 0 radical (unpaired) electrons. The van der Waals surface area contributed by atoms with Crippen molar-refractivity contribution in [3.63, 3.8) is 0 Å². The van der Waals surface area contributed by atoms with E-state index in [0.717, 1.165) is 35.4 Å². The van der Waals surface area contributed by atoms with Gasteiger partial charge in [0, 0.05) is 18.0 Å². The van der Waals surface area contributed by atoms with E-state index in [1.54, 1.807) is 35.5 Å². The van der Waals surface area contributed by atoms with E-state index in [2.05, 4.69) is 40.2 Å². The predicted octanol–water partition coefficient (Wildman–Crippen LogP) is 4.80. The number of benzene rings is 1. The number of halogens is 2. The van der Waals surface area contributed by atoms with Crippen LogP contribution in [-0.4, -0.2) is 29.9 Å². The summed E-state index contributed by atoms with van der Waals surface area (Å²) in [7, 11) is 0. The van der Waals surface area contributed by atoms with E-state index in [1.807, 2.05) is 0 Å². The average Bonchev–Trinajstić information content (AvgIpc) is 3.47. The molecule has 9 heteroatoms. The van der Waals surface area contributed by atoms with Crippen LogP contribution in [0, 0.1) is 28.4 Å². The molecule has 7 nitrogen and oxygen atoms in total. The van der Waals surface area contributed by atoms with E-state index in [0.29, 0.717) is 5.69 Å². The van der Waals surface area contributed by atoms with Crippen LogP contribution in [0.2, 0.25) is 0 Å². The summed E-state index contributed by atoms with van der Waals surface area (Å²) in [6.45, 7) is 4.53. The lowest BCUT2D eigenvalue weighted by Gasteiger charge is -2.37.